The van der Waals surface area contributed by atoms with Crippen molar-refractivity contribution in [3.63, 3.8) is 0 Å². The SMILES string of the molecule is CO[C@@H]1[C@@H]2OP(=O)([O-])SC[C@H]3O[C@@H](n4cnc5c(N)ncnc54)[C@H](OP(=O)([O-])OC[C@H]2O[C@H]1n1ccc(=O)[nH]c1=O)[C@@H]3F. The van der Waals surface area contributed by atoms with Gasteiger partial charge >= 0.3 is 5.69 Å². The monoisotopic (exact) mass is 665 g/mol. The number of nitrogens with one attached hydrogen (secondary N) is 1. The molecule has 0 spiro atoms. The summed E-state index contributed by atoms with van der Waals surface area (Å²) in [5.74, 6) is -0.555. The number of nitrogens with two attached hydrogens (primary N) is 1. The highest BCUT2D eigenvalue weighted by Crippen LogP contribution is 2.57. The van der Waals surface area contributed by atoms with Gasteiger partial charge in [-0.2, -0.15) is 0 Å². The van der Waals surface area contributed by atoms with Gasteiger partial charge in [-0.05, 0) is 0 Å². The van der Waals surface area contributed by atoms with Gasteiger partial charge in [0.1, 0.15) is 42.4 Å². The Kier molecular flexibility index (Phi) is 8.10. The third-order valence-corrected chi connectivity index (χ3v) is 10.8. The molecule has 234 valence electrons. The first-order valence-corrected chi connectivity index (χ1v) is 17.0. The maximum absolute atomic E-state index is 15.7. The number of rotatable bonds is 3. The average Bonchev–Trinajstić information content (AvgIpc) is 3.60. The molecular weight excluding hydrogens is 643 g/mol. The number of methoxy groups -OCH3 is 1. The van der Waals surface area contributed by atoms with Crippen LogP contribution in [0.25, 0.3) is 11.2 Å². The molecule has 0 amide bonds. The van der Waals surface area contributed by atoms with Gasteiger partial charge in [-0.1, -0.05) is 11.4 Å². The third-order valence-electron chi connectivity index (χ3n) is 6.90. The lowest BCUT2D eigenvalue weighted by Crippen LogP contribution is -2.40. The predicted octanol–water partition coefficient (Wildman–Crippen LogP) is -1.42. The summed E-state index contributed by atoms with van der Waals surface area (Å²) in [5, 5.41) is 0. The second kappa shape index (κ2) is 11.4. The van der Waals surface area contributed by atoms with Crippen LogP contribution in [-0.2, 0) is 36.9 Å². The maximum atomic E-state index is 15.7. The van der Waals surface area contributed by atoms with Crippen LogP contribution >= 0.6 is 26.0 Å². The molecule has 19 nitrogen and oxygen atoms in total. The van der Waals surface area contributed by atoms with Crippen molar-refractivity contribution in [1.82, 2.24) is 29.1 Å². The molecule has 10 atom stereocenters. The van der Waals surface area contributed by atoms with Crippen molar-refractivity contribution in [2.75, 3.05) is 25.2 Å². The number of halogens is 1. The highest BCUT2D eigenvalue weighted by Gasteiger charge is 2.52. The highest BCUT2D eigenvalue weighted by molar-refractivity contribution is 8.54. The van der Waals surface area contributed by atoms with Gasteiger partial charge in [0.25, 0.3) is 13.4 Å². The largest absolute Gasteiger partial charge is 0.770 e. The molecule has 3 saturated heterocycles. The number of ether oxygens (including phenoxy) is 3. The smallest absolute Gasteiger partial charge is 0.330 e. The first kappa shape index (κ1) is 30.5. The minimum atomic E-state index is -5.37. The van der Waals surface area contributed by atoms with Crippen molar-refractivity contribution in [1.29, 1.82) is 0 Å². The molecule has 43 heavy (non-hydrogen) atoms. The molecule has 2 unspecified atom stereocenters. The van der Waals surface area contributed by atoms with Crippen LogP contribution in [0.1, 0.15) is 12.5 Å². The van der Waals surface area contributed by atoms with E-state index >= 15 is 4.39 Å². The van der Waals surface area contributed by atoms with Gasteiger partial charge in [0.2, 0.25) is 0 Å². The van der Waals surface area contributed by atoms with Gasteiger partial charge in [0, 0.05) is 25.1 Å². The number of hydrogen-bond donors (Lipinski definition) is 2. The number of nitrogen functional groups attached to an aromatic ring is 1. The third kappa shape index (κ3) is 5.83. The molecule has 2 bridgehead atoms. The summed E-state index contributed by atoms with van der Waals surface area (Å²) in [6.45, 7) is -5.80. The summed E-state index contributed by atoms with van der Waals surface area (Å²) >= 11 is 0.204. The Hall–Kier alpha value is -2.55. The zero-order valence-corrected chi connectivity index (χ0v) is 24.3. The molecule has 3 aromatic rings. The molecule has 3 aliphatic heterocycles. The standard InChI is InChI=1S/C20H24FN7O12P2S/c1-35-15-13-8(37-19(15)27-3-2-10(29)26-20(27)30)4-36-41(31,32)39-14-11(21)9(5-43-42(33,34)40-13)38-18(14)28-7-25-12-16(22)23-6-24-17(12)28/h2-3,6-9,11,13-15,18-19H,4-5H2,1H3,(H,31,32)(H,33,34)(H2,22,23,24)(H,26,29,30)/p-2/t8-,9-,11-,13-,14-,15-,18-,19-/m1/s1. The zero-order chi connectivity index (χ0) is 30.7. The van der Waals surface area contributed by atoms with Crippen LogP contribution in [0.4, 0.5) is 10.2 Å². The average molecular weight is 665 g/mol. The van der Waals surface area contributed by atoms with Gasteiger partial charge in [-0.3, -0.25) is 28.0 Å². The van der Waals surface area contributed by atoms with E-state index in [9.17, 15) is 28.5 Å². The number of phosphoric ester groups is 1. The van der Waals surface area contributed by atoms with Gasteiger partial charge in [0.05, 0.1) is 12.9 Å². The molecule has 0 saturated carbocycles. The lowest BCUT2D eigenvalue weighted by Gasteiger charge is -2.32. The van der Waals surface area contributed by atoms with Crippen LogP contribution < -0.4 is 26.8 Å². The Bertz CT molecular complexity index is 1740. The van der Waals surface area contributed by atoms with Gasteiger partial charge < -0.3 is 43.3 Å². The van der Waals surface area contributed by atoms with Gasteiger partial charge in [-0.15, -0.1) is 0 Å². The fourth-order valence-electron chi connectivity index (χ4n) is 4.98. The normalized spacial score (nSPS) is 38.7. The minimum absolute atomic E-state index is 0.00422. The minimum Gasteiger partial charge on any atom is -0.770 e. The van der Waals surface area contributed by atoms with Crippen molar-refractivity contribution >= 4 is 43.0 Å². The van der Waals surface area contributed by atoms with Crippen LogP contribution in [0.15, 0.2) is 34.5 Å². The van der Waals surface area contributed by atoms with Crippen LogP contribution in [0.3, 0.4) is 0 Å². The Morgan fingerprint density at radius 2 is 1.88 bits per heavy atom. The van der Waals surface area contributed by atoms with E-state index < -0.39 is 87.4 Å². The number of aromatic amines is 1. The van der Waals surface area contributed by atoms with E-state index in [0.29, 0.717) is 0 Å². The summed E-state index contributed by atoms with van der Waals surface area (Å²) in [7, 11) is -4.19. The number of H-pyrrole nitrogens is 1. The van der Waals surface area contributed by atoms with E-state index in [1.165, 1.54) is 18.0 Å². The number of anilines is 1. The van der Waals surface area contributed by atoms with Crippen molar-refractivity contribution < 1.29 is 51.1 Å². The Labute approximate surface area is 243 Å². The molecule has 3 aromatic heterocycles. The number of aromatic nitrogens is 6. The number of alkyl halides is 1. The number of nitrogens with zero attached hydrogens (tertiary/aromatic N) is 5. The zero-order valence-electron chi connectivity index (χ0n) is 21.7. The van der Waals surface area contributed by atoms with E-state index in [1.54, 1.807) is 0 Å². The highest BCUT2D eigenvalue weighted by atomic mass is 32.7. The predicted molar refractivity (Wildman–Crippen MR) is 138 cm³/mol. The van der Waals surface area contributed by atoms with Crippen molar-refractivity contribution in [2.24, 2.45) is 0 Å². The summed E-state index contributed by atoms with van der Waals surface area (Å²) in [6.07, 6.45) is -9.37. The summed E-state index contributed by atoms with van der Waals surface area (Å²) in [4.78, 5) is 64.0. The second-order valence-electron chi connectivity index (χ2n) is 9.50. The number of imidazole rings is 1. The Morgan fingerprint density at radius 3 is 2.63 bits per heavy atom. The second-order valence-corrected chi connectivity index (χ2v) is 14.7. The van der Waals surface area contributed by atoms with E-state index in [0.717, 1.165) is 23.2 Å². The van der Waals surface area contributed by atoms with E-state index in [4.69, 9.17) is 33.5 Å². The van der Waals surface area contributed by atoms with Crippen molar-refractivity contribution in [2.45, 2.75) is 49.1 Å². The summed E-state index contributed by atoms with van der Waals surface area (Å²) < 4.78 is 76.2. The van der Waals surface area contributed by atoms with E-state index in [-0.39, 0.29) is 28.4 Å². The Balaban J connectivity index is 1.33. The Morgan fingerprint density at radius 1 is 1.12 bits per heavy atom. The molecule has 3 aliphatic rings. The van der Waals surface area contributed by atoms with Gasteiger partial charge in [0.15, 0.2) is 36.9 Å². The molecule has 3 fully saturated rings. The first-order chi connectivity index (χ1) is 20.4. The first-order valence-electron chi connectivity index (χ1n) is 12.4. The lowest BCUT2D eigenvalue weighted by atomic mass is 10.1. The number of fused-ring (bicyclic) bond motifs is 4. The van der Waals surface area contributed by atoms with Crippen LogP contribution in [0, 0.1) is 0 Å². The molecule has 6 rings (SSSR count). The molecular formula is C20H22FN7O12P2S-2. The van der Waals surface area contributed by atoms with E-state index in [1.807, 2.05) is 4.98 Å². The number of phosphoric acid groups is 1. The van der Waals surface area contributed by atoms with Crippen LogP contribution in [0.2, 0.25) is 0 Å². The van der Waals surface area contributed by atoms with Crippen LogP contribution in [0.5, 0.6) is 0 Å². The molecule has 23 heteroatoms. The summed E-state index contributed by atoms with van der Waals surface area (Å²) in [5.41, 5.74) is 4.39. The molecule has 0 aromatic carbocycles. The fourth-order valence-corrected chi connectivity index (χ4v) is 8.57. The topological polar surface area (TPSA) is 260 Å². The maximum Gasteiger partial charge on any atom is 0.330 e. The van der Waals surface area contributed by atoms with E-state index in [2.05, 4.69) is 15.0 Å². The summed E-state index contributed by atoms with van der Waals surface area (Å²) in [6, 6.07) is 1.01. The fraction of sp³-hybridized carbons (Fsp3) is 0.550. The molecule has 6 heterocycles. The molecule has 0 aliphatic carbocycles. The van der Waals surface area contributed by atoms with Crippen molar-refractivity contribution in [3.8, 4) is 0 Å². The van der Waals surface area contributed by atoms with Crippen molar-refractivity contribution in [3.05, 3.63) is 45.8 Å². The van der Waals surface area contributed by atoms with Crippen LogP contribution in [-0.4, -0.2) is 85.2 Å². The van der Waals surface area contributed by atoms with Gasteiger partial charge in [-0.25, -0.2) is 24.1 Å². The molecule has 0 radical (unpaired) electrons. The quantitative estimate of drug-likeness (QED) is 0.304. The molecule has 3 N–H and O–H groups in total. The number of hydrogen-bond acceptors (Lipinski definition) is 17. The lowest BCUT2D eigenvalue weighted by molar-refractivity contribution is -0.236.